The number of halogens is 4. The Morgan fingerprint density at radius 1 is 1.03 bits per heavy atom. The van der Waals surface area contributed by atoms with Crippen molar-refractivity contribution >= 4 is 26.7 Å². The fraction of sp³-hybridized carbons (Fsp3) is 0.0800. The van der Waals surface area contributed by atoms with E-state index in [1.807, 2.05) is 0 Å². The second kappa shape index (κ2) is 9.54. The predicted octanol–water partition coefficient (Wildman–Crippen LogP) is 5.01. The maximum atomic E-state index is 15.3. The quantitative estimate of drug-likeness (QED) is 0.290. The third kappa shape index (κ3) is 4.93. The molecule has 0 spiro atoms. The van der Waals surface area contributed by atoms with Crippen molar-refractivity contribution in [2.45, 2.75) is 11.1 Å². The Bertz CT molecular complexity index is 1870. The number of nitrogens with one attached hydrogen (secondary N) is 1. The number of hydrogen-bond donors (Lipinski definition) is 1. The molecule has 3 aromatic heterocycles. The summed E-state index contributed by atoms with van der Waals surface area (Å²) in [7, 11) is -2.81. The van der Waals surface area contributed by atoms with Crippen molar-refractivity contribution in [3.63, 3.8) is 0 Å². The minimum atomic E-state index is -4.73. The van der Waals surface area contributed by atoms with Gasteiger partial charge in [-0.3, -0.25) is 19.1 Å². The van der Waals surface area contributed by atoms with E-state index >= 15 is 4.39 Å². The molecule has 5 rings (SSSR count). The van der Waals surface area contributed by atoms with Gasteiger partial charge >= 0.3 is 6.18 Å². The molecule has 3 heterocycles. The third-order valence-electron chi connectivity index (χ3n) is 5.72. The fourth-order valence-corrected chi connectivity index (χ4v) is 4.98. The Balaban J connectivity index is 1.63. The fourth-order valence-electron chi connectivity index (χ4n) is 3.96. The molecule has 14 heteroatoms. The molecular weight excluding hydrogens is 544 g/mol. The van der Waals surface area contributed by atoms with Crippen molar-refractivity contribution in [1.82, 2.24) is 14.7 Å². The molecule has 0 radical (unpaired) electrons. The topological polar surface area (TPSA) is 116 Å². The van der Waals surface area contributed by atoms with Crippen LogP contribution in [-0.4, -0.2) is 30.2 Å². The molecule has 9 nitrogen and oxygen atoms in total. The number of pyridine rings is 2. The monoisotopic (exact) mass is 560 g/mol. The molecule has 0 unspecified atom stereocenters. The van der Waals surface area contributed by atoms with Gasteiger partial charge in [0.15, 0.2) is 5.82 Å². The second-order valence-electron chi connectivity index (χ2n) is 8.15. The van der Waals surface area contributed by atoms with E-state index in [9.17, 15) is 26.4 Å². The van der Waals surface area contributed by atoms with Gasteiger partial charge < -0.3 is 9.26 Å². The zero-order chi connectivity index (χ0) is 27.9. The Hall–Kier alpha value is -4.72. The SMILES string of the molecule is COc1cc(-c2ccnc(C(F)(F)F)c2)c(F)cc1-n1c(=O)ccc2cc(S(=O)(=O)Nc3ccon3)ccc21. The summed E-state index contributed by atoms with van der Waals surface area (Å²) in [5, 5.41) is 3.82. The standard InChI is InChI=1S/C25H16F4N4O5S/c1-37-21-12-17(14-6-8-30-22(11-14)25(27,28)29)18(26)13-20(21)33-19-4-3-16(10-15(19)2-5-24(33)34)39(35,36)32-23-7-9-38-31-23/h2-13H,1H3,(H,31,32). The smallest absolute Gasteiger partial charge is 0.433 e. The molecule has 0 bridgehead atoms. The molecule has 0 aliphatic rings. The van der Waals surface area contributed by atoms with Crippen LogP contribution in [0, 0.1) is 5.82 Å². The minimum absolute atomic E-state index is 0.0178. The number of benzene rings is 2. The lowest BCUT2D eigenvalue weighted by atomic mass is 10.0. The first-order valence-corrected chi connectivity index (χ1v) is 12.5. The van der Waals surface area contributed by atoms with Gasteiger partial charge in [0.05, 0.1) is 23.2 Å². The first-order valence-electron chi connectivity index (χ1n) is 11.0. The average Bonchev–Trinajstić information content (AvgIpc) is 3.40. The summed E-state index contributed by atoms with van der Waals surface area (Å²) in [6, 6.07) is 11.8. The van der Waals surface area contributed by atoms with Crippen molar-refractivity contribution in [3.8, 4) is 22.6 Å². The maximum absolute atomic E-state index is 15.3. The van der Waals surface area contributed by atoms with Crippen LogP contribution < -0.4 is 15.0 Å². The lowest BCUT2D eigenvalue weighted by Gasteiger charge is -2.17. The highest BCUT2D eigenvalue weighted by Crippen LogP contribution is 2.36. The van der Waals surface area contributed by atoms with Crippen LogP contribution in [0.15, 0.2) is 87.3 Å². The van der Waals surface area contributed by atoms with Crippen molar-refractivity contribution in [3.05, 3.63) is 95.0 Å². The minimum Gasteiger partial charge on any atom is -0.495 e. The Morgan fingerprint density at radius 2 is 1.82 bits per heavy atom. The van der Waals surface area contributed by atoms with Crippen molar-refractivity contribution in [2.24, 2.45) is 0 Å². The number of hydrogen-bond acceptors (Lipinski definition) is 7. The largest absolute Gasteiger partial charge is 0.495 e. The van der Waals surface area contributed by atoms with Crippen LogP contribution in [0.5, 0.6) is 5.75 Å². The summed E-state index contributed by atoms with van der Waals surface area (Å²) in [6.45, 7) is 0. The third-order valence-corrected chi connectivity index (χ3v) is 7.08. The van der Waals surface area contributed by atoms with E-state index in [4.69, 9.17) is 4.74 Å². The summed E-state index contributed by atoms with van der Waals surface area (Å²) >= 11 is 0. The molecule has 39 heavy (non-hydrogen) atoms. The van der Waals surface area contributed by atoms with E-state index in [1.54, 1.807) is 0 Å². The summed E-state index contributed by atoms with van der Waals surface area (Å²) in [6.07, 6.45) is -2.63. The Morgan fingerprint density at radius 3 is 2.51 bits per heavy atom. The van der Waals surface area contributed by atoms with E-state index in [2.05, 4.69) is 19.4 Å². The lowest BCUT2D eigenvalue weighted by molar-refractivity contribution is -0.141. The van der Waals surface area contributed by atoms with E-state index in [0.717, 1.165) is 22.9 Å². The van der Waals surface area contributed by atoms with Gasteiger partial charge in [-0.05, 0) is 48.0 Å². The van der Waals surface area contributed by atoms with Crippen LogP contribution in [0.2, 0.25) is 0 Å². The van der Waals surface area contributed by atoms with Crippen LogP contribution in [0.1, 0.15) is 5.69 Å². The van der Waals surface area contributed by atoms with Crippen LogP contribution >= 0.6 is 0 Å². The molecule has 1 N–H and O–H groups in total. The van der Waals surface area contributed by atoms with E-state index in [0.29, 0.717) is 11.5 Å². The van der Waals surface area contributed by atoms with Crippen molar-refractivity contribution in [2.75, 3.05) is 11.8 Å². The van der Waals surface area contributed by atoms with Crippen LogP contribution in [0.3, 0.4) is 0 Å². The maximum Gasteiger partial charge on any atom is 0.433 e. The molecule has 0 saturated carbocycles. The van der Waals surface area contributed by atoms with Gasteiger partial charge in [-0.15, -0.1) is 0 Å². The predicted molar refractivity (Wildman–Crippen MR) is 132 cm³/mol. The highest BCUT2D eigenvalue weighted by Gasteiger charge is 2.33. The molecule has 0 aliphatic carbocycles. The summed E-state index contributed by atoms with van der Waals surface area (Å²) in [5.74, 6) is -0.974. The highest BCUT2D eigenvalue weighted by atomic mass is 32.2. The number of methoxy groups -OCH3 is 1. The average molecular weight is 560 g/mol. The lowest BCUT2D eigenvalue weighted by Crippen LogP contribution is -2.19. The summed E-state index contributed by atoms with van der Waals surface area (Å²) in [5.41, 5.74) is -1.92. The van der Waals surface area contributed by atoms with Gasteiger partial charge in [-0.1, -0.05) is 5.16 Å². The molecule has 0 amide bonds. The number of ether oxygens (including phenoxy) is 1. The molecular formula is C25H16F4N4O5S. The van der Waals surface area contributed by atoms with Gasteiger partial charge in [0, 0.05) is 35.3 Å². The van der Waals surface area contributed by atoms with Gasteiger partial charge in [0.25, 0.3) is 15.6 Å². The van der Waals surface area contributed by atoms with Crippen molar-refractivity contribution in [1.29, 1.82) is 0 Å². The summed E-state index contributed by atoms with van der Waals surface area (Å²) < 4.78 is 93.6. The van der Waals surface area contributed by atoms with Crippen LogP contribution in [-0.2, 0) is 16.2 Å². The number of anilines is 1. The number of sulfonamides is 1. The number of rotatable bonds is 6. The van der Waals surface area contributed by atoms with Crippen LogP contribution in [0.25, 0.3) is 27.7 Å². The first-order chi connectivity index (χ1) is 18.5. The number of fused-ring (bicyclic) bond motifs is 1. The van der Waals surface area contributed by atoms with Crippen LogP contribution in [0.4, 0.5) is 23.4 Å². The first kappa shape index (κ1) is 25.9. The van der Waals surface area contributed by atoms with Crippen molar-refractivity contribution < 1.29 is 35.2 Å². The number of nitrogens with zero attached hydrogens (tertiary/aromatic N) is 3. The van der Waals surface area contributed by atoms with Gasteiger partial charge in [-0.25, -0.2) is 12.8 Å². The number of aromatic nitrogens is 3. The Kier molecular flexibility index (Phi) is 6.34. The zero-order valence-corrected chi connectivity index (χ0v) is 20.5. The highest BCUT2D eigenvalue weighted by molar-refractivity contribution is 7.92. The number of alkyl halides is 3. The Labute approximate surface area is 217 Å². The van der Waals surface area contributed by atoms with Gasteiger partial charge in [0.2, 0.25) is 0 Å². The summed E-state index contributed by atoms with van der Waals surface area (Å²) in [4.78, 5) is 16.1. The van der Waals surface area contributed by atoms with E-state index in [-0.39, 0.29) is 38.8 Å². The molecule has 0 aliphatic heterocycles. The molecule has 0 atom stereocenters. The van der Waals surface area contributed by atoms with Gasteiger partial charge in [-0.2, -0.15) is 13.2 Å². The molecule has 200 valence electrons. The molecule has 2 aromatic carbocycles. The molecule has 0 fully saturated rings. The molecule has 5 aromatic rings. The second-order valence-corrected chi connectivity index (χ2v) is 9.83. The van der Waals surface area contributed by atoms with E-state index in [1.165, 1.54) is 55.8 Å². The zero-order valence-electron chi connectivity index (χ0n) is 19.7. The van der Waals surface area contributed by atoms with E-state index < -0.39 is 33.3 Å². The normalized spacial score (nSPS) is 12.0. The van der Waals surface area contributed by atoms with Gasteiger partial charge in [0.1, 0.15) is 23.5 Å². The molecule has 0 saturated heterocycles.